The average molecular weight is 380 g/mol. The van der Waals surface area contributed by atoms with Crippen LogP contribution in [0.3, 0.4) is 0 Å². The quantitative estimate of drug-likeness (QED) is 0.240. The number of rotatable bonds is 12. The molecule has 1 aromatic rings. The lowest BCUT2D eigenvalue weighted by atomic mass is 10.2. The Morgan fingerprint density at radius 3 is 1.29 bits per heavy atom. The van der Waals surface area contributed by atoms with Crippen LogP contribution in [0.2, 0.25) is 0 Å². The van der Waals surface area contributed by atoms with Gasteiger partial charge in [-0.3, -0.25) is 9.13 Å². The van der Waals surface area contributed by atoms with Gasteiger partial charge in [0.1, 0.15) is 0 Å². The standard InChI is InChI=1S/C14H26N2O6P2/c17-23(18,19)11-3-1-9-15-13-5-7-14(8-6-13)16-10-2-4-12-24(20,21)22/h5-8,15-16H,1-4,9-12H2,(H2,17,18,19)(H2,20,21,22). The van der Waals surface area contributed by atoms with Crippen molar-refractivity contribution in [2.45, 2.75) is 25.7 Å². The van der Waals surface area contributed by atoms with Crippen molar-refractivity contribution in [2.24, 2.45) is 0 Å². The molecule has 1 aromatic carbocycles. The second-order valence-electron chi connectivity index (χ2n) is 5.62. The minimum atomic E-state index is -3.89. The third kappa shape index (κ3) is 11.6. The van der Waals surface area contributed by atoms with Gasteiger partial charge in [0.05, 0.1) is 0 Å². The molecule has 0 radical (unpaired) electrons. The topological polar surface area (TPSA) is 139 Å². The summed E-state index contributed by atoms with van der Waals surface area (Å²) in [5, 5.41) is 6.37. The summed E-state index contributed by atoms with van der Waals surface area (Å²) in [6.07, 6.45) is 2.16. The summed E-state index contributed by atoms with van der Waals surface area (Å²) < 4.78 is 21.4. The first-order chi connectivity index (χ1) is 11.2. The smallest absolute Gasteiger partial charge is 0.325 e. The number of unbranched alkanes of at least 4 members (excludes halogenated alkanes) is 2. The van der Waals surface area contributed by atoms with Gasteiger partial charge in [-0.15, -0.1) is 0 Å². The third-order valence-corrected chi connectivity index (χ3v) is 5.09. The van der Waals surface area contributed by atoms with E-state index >= 15 is 0 Å². The highest BCUT2D eigenvalue weighted by Gasteiger charge is 2.11. The lowest BCUT2D eigenvalue weighted by Gasteiger charge is -2.10. The lowest BCUT2D eigenvalue weighted by Crippen LogP contribution is -2.04. The Labute approximate surface area is 142 Å². The predicted molar refractivity (Wildman–Crippen MR) is 95.7 cm³/mol. The molecule has 1 rings (SSSR count). The minimum absolute atomic E-state index is 0.0838. The number of hydrogen-bond donors (Lipinski definition) is 6. The Morgan fingerprint density at radius 2 is 1.00 bits per heavy atom. The van der Waals surface area contributed by atoms with Gasteiger partial charge in [0.25, 0.3) is 0 Å². The third-order valence-electron chi connectivity index (χ3n) is 3.30. The van der Waals surface area contributed by atoms with E-state index < -0.39 is 15.2 Å². The Morgan fingerprint density at radius 1 is 0.667 bits per heavy atom. The van der Waals surface area contributed by atoms with Gasteiger partial charge in [0.2, 0.25) is 0 Å². The van der Waals surface area contributed by atoms with Crippen LogP contribution >= 0.6 is 15.2 Å². The molecule has 0 aliphatic rings. The highest BCUT2D eigenvalue weighted by Crippen LogP contribution is 2.35. The molecule has 0 bridgehead atoms. The second-order valence-corrected chi connectivity index (χ2v) is 9.17. The Balaban J connectivity index is 2.16. The molecule has 138 valence electrons. The van der Waals surface area contributed by atoms with Crippen LogP contribution in [-0.4, -0.2) is 45.0 Å². The van der Waals surface area contributed by atoms with Crippen LogP contribution < -0.4 is 10.6 Å². The van der Waals surface area contributed by atoms with Crippen molar-refractivity contribution in [3.8, 4) is 0 Å². The number of hydrogen-bond acceptors (Lipinski definition) is 4. The molecule has 6 N–H and O–H groups in total. The first-order valence-corrected chi connectivity index (χ1v) is 11.4. The van der Waals surface area contributed by atoms with Crippen molar-refractivity contribution in [3.63, 3.8) is 0 Å². The fourth-order valence-electron chi connectivity index (χ4n) is 2.06. The molecule has 8 nitrogen and oxygen atoms in total. The van der Waals surface area contributed by atoms with Crippen LogP contribution in [0, 0.1) is 0 Å². The van der Waals surface area contributed by atoms with E-state index in [1.165, 1.54) is 0 Å². The molecule has 0 spiro atoms. The van der Waals surface area contributed by atoms with Gasteiger partial charge in [-0.2, -0.15) is 0 Å². The predicted octanol–water partition coefficient (Wildman–Crippen LogP) is 2.43. The van der Waals surface area contributed by atoms with E-state index in [2.05, 4.69) is 10.6 Å². The largest absolute Gasteiger partial charge is 0.385 e. The van der Waals surface area contributed by atoms with E-state index in [-0.39, 0.29) is 12.3 Å². The maximum Gasteiger partial charge on any atom is 0.325 e. The molecule has 0 aliphatic heterocycles. The summed E-state index contributed by atoms with van der Waals surface area (Å²) in [7, 11) is -7.78. The molecule has 10 heteroatoms. The van der Waals surface area contributed by atoms with Crippen molar-refractivity contribution in [1.29, 1.82) is 0 Å². The fraction of sp³-hybridized carbons (Fsp3) is 0.571. The summed E-state index contributed by atoms with van der Waals surface area (Å²) in [4.78, 5) is 35.0. The van der Waals surface area contributed by atoms with Crippen LogP contribution in [0.1, 0.15) is 25.7 Å². The average Bonchev–Trinajstić information content (AvgIpc) is 2.45. The van der Waals surface area contributed by atoms with Gasteiger partial charge in [0.15, 0.2) is 0 Å². The van der Waals surface area contributed by atoms with E-state index in [1.807, 2.05) is 24.3 Å². The van der Waals surface area contributed by atoms with E-state index in [4.69, 9.17) is 19.6 Å². The van der Waals surface area contributed by atoms with E-state index in [1.54, 1.807) is 0 Å². The summed E-state index contributed by atoms with van der Waals surface area (Å²) in [5.74, 6) is 0. The molecular weight excluding hydrogens is 354 g/mol. The van der Waals surface area contributed by atoms with Crippen molar-refractivity contribution >= 4 is 26.6 Å². The molecule has 0 amide bonds. The SMILES string of the molecule is O=P(O)(O)CCCCNc1ccc(NCCCCP(=O)(O)O)cc1. The molecular formula is C14H26N2O6P2. The molecule has 0 heterocycles. The van der Waals surface area contributed by atoms with Gasteiger partial charge >= 0.3 is 15.2 Å². The molecule has 0 saturated heterocycles. The molecule has 0 aliphatic carbocycles. The van der Waals surface area contributed by atoms with Crippen molar-refractivity contribution in [2.75, 3.05) is 36.0 Å². The normalized spacial score (nSPS) is 12.2. The molecule has 24 heavy (non-hydrogen) atoms. The van der Waals surface area contributed by atoms with Crippen LogP contribution in [0.4, 0.5) is 11.4 Å². The van der Waals surface area contributed by atoms with E-state index in [9.17, 15) is 9.13 Å². The van der Waals surface area contributed by atoms with Crippen molar-refractivity contribution < 1.29 is 28.7 Å². The van der Waals surface area contributed by atoms with Crippen LogP contribution in [0.15, 0.2) is 24.3 Å². The zero-order valence-electron chi connectivity index (χ0n) is 13.5. The van der Waals surface area contributed by atoms with Crippen molar-refractivity contribution in [3.05, 3.63) is 24.3 Å². The zero-order valence-corrected chi connectivity index (χ0v) is 15.3. The molecule has 0 saturated carbocycles. The summed E-state index contributed by atoms with van der Waals surface area (Å²) in [6.45, 7) is 1.30. The summed E-state index contributed by atoms with van der Waals surface area (Å²) in [5.41, 5.74) is 1.86. The van der Waals surface area contributed by atoms with Gasteiger partial charge < -0.3 is 30.2 Å². The maximum atomic E-state index is 10.7. The van der Waals surface area contributed by atoms with Gasteiger partial charge in [-0.25, -0.2) is 0 Å². The van der Waals surface area contributed by atoms with E-state index in [0.717, 1.165) is 11.4 Å². The first-order valence-electron chi connectivity index (χ1n) is 7.83. The minimum Gasteiger partial charge on any atom is -0.385 e. The Hall–Kier alpha value is -0.880. The van der Waals surface area contributed by atoms with Crippen LogP contribution in [-0.2, 0) is 9.13 Å². The number of anilines is 2. The number of benzene rings is 1. The second kappa shape index (κ2) is 10.2. The van der Waals surface area contributed by atoms with Gasteiger partial charge in [-0.05, 0) is 49.9 Å². The van der Waals surface area contributed by atoms with Crippen molar-refractivity contribution in [1.82, 2.24) is 0 Å². The van der Waals surface area contributed by atoms with E-state index in [0.29, 0.717) is 38.8 Å². The molecule has 0 unspecified atom stereocenters. The van der Waals surface area contributed by atoms with Crippen LogP contribution in [0.25, 0.3) is 0 Å². The zero-order chi connectivity index (χ0) is 18.1. The monoisotopic (exact) mass is 380 g/mol. The lowest BCUT2D eigenvalue weighted by molar-refractivity contribution is 0.369. The highest BCUT2D eigenvalue weighted by molar-refractivity contribution is 7.52. The Bertz CT molecular complexity index is 518. The summed E-state index contributed by atoms with van der Waals surface area (Å²) in [6, 6.07) is 7.61. The number of nitrogens with one attached hydrogen (secondary N) is 2. The highest BCUT2D eigenvalue weighted by atomic mass is 31.2. The van der Waals surface area contributed by atoms with Crippen LogP contribution in [0.5, 0.6) is 0 Å². The fourth-order valence-corrected chi connectivity index (χ4v) is 3.33. The molecule has 0 aromatic heterocycles. The van der Waals surface area contributed by atoms with Gasteiger partial charge in [0, 0.05) is 36.8 Å². The molecule has 0 atom stereocenters. The maximum absolute atomic E-state index is 10.7. The Kier molecular flexibility index (Phi) is 8.98. The summed E-state index contributed by atoms with van der Waals surface area (Å²) >= 11 is 0. The van der Waals surface area contributed by atoms with Gasteiger partial charge in [-0.1, -0.05) is 0 Å². The first kappa shape index (κ1) is 21.2. The molecule has 0 fully saturated rings.